The zero-order valence-electron chi connectivity index (χ0n) is 11.2. The molecule has 2 N–H and O–H groups in total. The second-order valence-corrected chi connectivity index (χ2v) is 6.55. The number of hydrogen-bond donors (Lipinski definition) is 2. The van der Waals surface area contributed by atoms with E-state index in [2.05, 4.69) is 38.2 Å². The molecular weight excluding hydrogens is 304 g/mol. The number of aromatic nitrogens is 3. The lowest BCUT2D eigenvalue weighted by Gasteiger charge is -2.04. The number of aromatic amines is 1. The molecule has 21 heavy (non-hydrogen) atoms. The van der Waals surface area contributed by atoms with Crippen molar-refractivity contribution in [1.29, 1.82) is 0 Å². The molecule has 0 fully saturated rings. The average Bonchev–Trinajstić information content (AvgIpc) is 3.17. The predicted molar refractivity (Wildman–Crippen MR) is 86.7 cm³/mol. The van der Waals surface area contributed by atoms with Gasteiger partial charge in [0, 0.05) is 28.5 Å². The van der Waals surface area contributed by atoms with E-state index in [-0.39, 0.29) is 5.91 Å². The lowest BCUT2D eigenvalue weighted by molar-refractivity contribution is 0.0956. The number of hydrogen-bond acceptors (Lipinski definition) is 5. The molecule has 1 amide bonds. The summed E-state index contributed by atoms with van der Waals surface area (Å²) in [7, 11) is 0. The molecule has 0 aliphatic rings. The number of amides is 1. The Morgan fingerprint density at radius 2 is 2.19 bits per heavy atom. The van der Waals surface area contributed by atoms with E-state index in [4.69, 9.17) is 0 Å². The van der Waals surface area contributed by atoms with Gasteiger partial charge in [-0.3, -0.25) is 4.79 Å². The molecule has 0 aliphatic carbocycles. The van der Waals surface area contributed by atoms with Crippen LogP contribution in [0.2, 0.25) is 0 Å². The SMILES string of the molecule is O=C(NCCSCc1cccs1)c1ccc2n[nH]nc2c1. The summed E-state index contributed by atoms with van der Waals surface area (Å²) in [5.41, 5.74) is 2.08. The van der Waals surface area contributed by atoms with Gasteiger partial charge < -0.3 is 5.32 Å². The van der Waals surface area contributed by atoms with Gasteiger partial charge in [-0.1, -0.05) is 6.07 Å². The van der Waals surface area contributed by atoms with Gasteiger partial charge in [0.2, 0.25) is 0 Å². The molecule has 0 radical (unpaired) electrons. The molecule has 0 spiro atoms. The molecule has 0 atom stereocenters. The highest BCUT2D eigenvalue weighted by Gasteiger charge is 2.07. The van der Waals surface area contributed by atoms with Gasteiger partial charge in [-0.05, 0) is 29.6 Å². The number of nitrogens with one attached hydrogen (secondary N) is 2. The minimum atomic E-state index is -0.0726. The quantitative estimate of drug-likeness (QED) is 0.686. The molecule has 108 valence electrons. The highest BCUT2D eigenvalue weighted by atomic mass is 32.2. The normalized spacial score (nSPS) is 10.9. The fraction of sp³-hybridized carbons (Fsp3) is 0.214. The van der Waals surface area contributed by atoms with Gasteiger partial charge >= 0.3 is 0 Å². The van der Waals surface area contributed by atoms with Crippen LogP contribution in [0.1, 0.15) is 15.2 Å². The van der Waals surface area contributed by atoms with E-state index in [9.17, 15) is 4.79 Å². The van der Waals surface area contributed by atoms with Gasteiger partial charge in [0.1, 0.15) is 11.0 Å². The maximum absolute atomic E-state index is 12.0. The van der Waals surface area contributed by atoms with Crippen LogP contribution in [0.4, 0.5) is 0 Å². The smallest absolute Gasteiger partial charge is 0.251 e. The van der Waals surface area contributed by atoms with Crippen LogP contribution in [-0.2, 0) is 5.75 Å². The topological polar surface area (TPSA) is 70.7 Å². The highest BCUT2D eigenvalue weighted by Crippen LogP contribution is 2.16. The minimum Gasteiger partial charge on any atom is -0.351 e. The Bertz CT molecular complexity index is 723. The third-order valence-corrected chi connectivity index (χ3v) is 5.00. The number of rotatable bonds is 6. The maximum Gasteiger partial charge on any atom is 0.251 e. The van der Waals surface area contributed by atoms with Crippen molar-refractivity contribution in [3.8, 4) is 0 Å². The first-order valence-corrected chi connectivity index (χ1v) is 8.55. The molecule has 0 saturated carbocycles. The van der Waals surface area contributed by atoms with Crippen LogP contribution in [0.15, 0.2) is 35.7 Å². The van der Waals surface area contributed by atoms with Crippen molar-refractivity contribution >= 4 is 40.0 Å². The van der Waals surface area contributed by atoms with E-state index < -0.39 is 0 Å². The molecule has 3 aromatic rings. The van der Waals surface area contributed by atoms with Crippen molar-refractivity contribution in [2.45, 2.75) is 5.75 Å². The van der Waals surface area contributed by atoms with Crippen LogP contribution in [0.3, 0.4) is 0 Å². The number of H-pyrrole nitrogens is 1. The summed E-state index contributed by atoms with van der Waals surface area (Å²) in [6.07, 6.45) is 0. The minimum absolute atomic E-state index is 0.0726. The van der Waals surface area contributed by atoms with Crippen molar-refractivity contribution in [3.63, 3.8) is 0 Å². The Labute approximate surface area is 130 Å². The zero-order chi connectivity index (χ0) is 14.5. The first-order valence-electron chi connectivity index (χ1n) is 6.52. The van der Waals surface area contributed by atoms with Crippen LogP contribution >= 0.6 is 23.1 Å². The standard InChI is InChI=1S/C14H14N4OS2/c19-14(10-3-4-12-13(8-10)17-18-16-12)15-5-7-20-9-11-2-1-6-21-11/h1-4,6,8H,5,7,9H2,(H,15,19)(H,16,17,18). The lowest BCUT2D eigenvalue weighted by atomic mass is 10.2. The summed E-state index contributed by atoms with van der Waals surface area (Å²) in [5.74, 6) is 1.82. The zero-order valence-corrected chi connectivity index (χ0v) is 12.8. The summed E-state index contributed by atoms with van der Waals surface area (Å²) in [6, 6.07) is 9.48. The molecule has 0 unspecified atom stereocenters. The molecule has 2 aromatic heterocycles. The second-order valence-electron chi connectivity index (χ2n) is 4.41. The summed E-state index contributed by atoms with van der Waals surface area (Å²) in [5, 5.41) is 15.5. The van der Waals surface area contributed by atoms with E-state index in [1.54, 1.807) is 29.5 Å². The number of carbonyl (C=O) groups excluding carboxylic acids is 1. The molecule has 0 aliphatic heterocycles. The molecule has 1 aromatic carbocycles. The van der Waals surface area contributed by atoms with Gasteiger partial charge in [-0.25, -0.2) is 0 Å². The Hall–Kier alpha value is -1.86. The fourth-order valence-electron chi connectivity index (χ4n) is 1.89. The molecule has 5 nitrogen and oxygen atoms in total. The van der Waals surface area contributed by atoms with E-state index in [0.717, 1.165) is 17.0 Å². The Morgan fingerprint density at radius 1 is 1.29 bits per heavy atom. The largest absolute Gasteiger partial charge is 0.351 e. The summed E-state index contributed by atoms with van der Waals surface area (Å²) >= 11 is 3.58. The maximum atomic E-state index is 12.0. The molecule has 3 rings (SSSR count). The first-order chi connectivity index (χ1) is 10.3. The predicted octanol–water partition coefficient (Wildman–Crippen LogP) is 2.68. The fourth-order valence-corrected chi connectivity index (χ4v) is 3.59. The van der Waals surface area contributed by atoms with Gasteiger partial charge in [0.25, 0.3) is 5.91 Å². The second kappa shape index (κ2) is 6.73. The summed E-state index contributed by atoms with van der Waals surface area (Å²) < 4.78 is 0. The van der Waals surface area contributed by atoms with Crippen LogP contribution in [-0.4, -0.2) is 33.6 Å². The van der Waals surface area contributed by atoms with Crippen molar-refractivity contribution in [2.24, 2.45) is 0 Å². The number of thiophene rings is 1. The molecule has 0 saturated heterocycles. The Kier molecular flexibility index (Phi) is 4.52. The lowest BCUT2D eigenvalue weighted by Crippen LogP contribution is -2.25. The molecule has 7 heteroatoms. The van der Waals surface area contributed by atoms with Crippen LogP contribution in [0.5, 0.6) is 0 Å². The summed E-state index contributed by atoms with van der Waals surface area (Å²) in [4.78, 5) is 13.4. The number of benzene rings is 1. The van der Waals surface area contributed by atoms with Crippen molar-refractivity contribution in [3.05, 3.63) is 46.2 Å². The molecule has 2 heterocycles. The van der Waals surface area contributed by atoms with E-state index >= 15 is 0 Å². The van der Waals surface area contributed by atoms with Crippen LogP contribution in [0, 0.1) is 0 Å². The third-order valence-electron chi connectivity index (χ3n) is 2.93. The number of nitrogens with zero attached hydrogens (tertiary/aromatic N) is 2. The summed E-state index contributed by atoms with van der Waals surface area (Å²) in [6.45, 7) is 0.658. The average molecular weight is 318 g/mol. The number of thioether (sulfide) groups is 1. The highest BCUT2D eigenvalue weighted by molar-refractivity contribution is 7.98. The Morgan fingerprint density at radius 3 is 3.05 bits per heavy atom. The monoisotopic (exact) mass is 318 g/mol. The van der Waals surface area contributed by atoms with Crippen LogP contribution in [0.25, 0.3) is 11.0 Å². The van der Waals surface area contributed by atoms with E-state index in [1.165, 1.54) is 4.88 Å². The Balaban J connectivity index is 1.45. The van der Waals surface area contributed by atoms with Gasteiger partial charge in [0.05, 0.1) is 0 Å². The van der Waals surface area contributed by atoms with Gasteiger partial charge in [-0.2, -0.15) is 27.2 Å². The number of carbonyl (C=O) groups is 1. The first kappa shape index (κ1) is 14.1. The van der Waals surface area contributed by atoms with Gasteiger partial charge in [0.15, 0.2) is 0 Å². The number of fused-ring (bicyclic) bond motifs is 1. The van der Waals surface area contributed by atoms with E-state index in [1.807, 2.05) is 11.8 Å². The van der Waals surface area contributed by atoms with Crippen LogP contribution < -0.4 is 5.32 Å². The van der Waals surface area contributed by atoms with Crippen molar-refractivity contribution in [1.82, 2.24) is 20.7 Å². The van der Waals surface area contributed by atoms with E-state index in [0.29, 0.717) is 17.6 Å². The van der Waals surface area contributed by atoms with Gasteiger partial charge in [-0.15, -0.1) is 11.3 Å². The molecule has 0 bridgehead atoms. The molecular formula is C14H14N4OS2. The van der Waals surface area contributed by atoms with Crippen molar-refractivity contribution < 1.29 is 4.79 Å². The third kappa shape index (κ3) is 3.62. The van der Waals surface area contributed by atoms with Crippen molar-refractivity contribution in [2.75, 3.05) is 12.3 Å².